The van der Waals surface area contributed by atoms with Gasteiger partial charge in [0.1, 0.15) is 0 Å². The average Bonchev–Trinajstić information content (AvgIpc) is 2.43. The Hall–Kier alpha value is -0.0700. The van der Waals surface area contributed by atoms with Crippen LogP contribution in [0.2, 0.25) is 0 Å². The number of rotatable bonds is 11. The van der Waals surface area contributed by atoms with Crippen LogP contribution in [0.4, 0.5) is 4.39 Å². The molecule has 20 heavy (non-hydrogen) atoms. The summed E-state index contributed by atoms with van der Waals surface area (Å²) in [5.74, 6) is 2.95. The van der Waals surface area contributed by atoms with Crippen molar-refractivity contribution in [3.8, 4) is 0 Å². The second-order valence-corrected chi connectivity index (χ2v) is 7.70. The quantitative estimate of drug-likeness (QED) is 0.388. The minimum atomic E-state index is -0.158. The van der Waals surface area contributed by atoms with E-state index in [0.717, 1.165) is 24.7 Å². The van der Waals surface area contributed by atoms with Gasteiger partial charge < -0.3 is 0 Å². The van der Waals surface area contributed by atoms with Crippen LogP contribution in [0, 0.1) is 29.1 Å². The molecule has 0 fully saturated rings. The van der Waals surface area contributed by atoms with Gasteiger partial charge >= 0.3 is 0 Å². The Labute approximate surface area is 127 Å². The van der Waals surface area contributed by atoms with Crippen LogP contribution >= 0.6 is 0 Å². The highest BCUT2D eigenvalue weighted by molar-refractivity contribution is 4.81. The van der Waals surface area contributed by atoms with Crippen LogP contribution in [0.1, 0.15) is 87.0 Å². The zero-order valence-electron chi connectivity index (χ0n) is 15.1. The molecule has 0 saturated carbocycles. The molecule has 0 heterocycles. The first-order valence-corrected chi connectivity index (χ1v) is 8.86. The highest BCUT2D eigenvalue weighted by Gasteiger charge is 2.31. The van der Waals surface area contributed by atoms with E-state index in [9.17, 15) is 4.39 Å². The van der Waals surface area contributed by atoms with Gasteiger partial charge in [0.05, 0.1) is 6.67 Å². The summed E-state index contributed by atoms with van der Waals surface area (Å²) in [5, 5.41) is 0. The van der Waals surface area contributed by atoms with Crippen molar-refractivity contribution in [2.75, 3.05) is 6.67 Å². The van der Waals surface area contributed by atoms with E-state index >= 15 is 0 Å². The smallest absolute Gasteiger partial charge is 0.0894 e. The summed E-state index contributed by atoms with van der Waals surface area (Å²) in [6.07, 6.45) is 6.96. The minimum absolute atomic E-state index is 0.158. The molecule has 0 aliphatic heterocycles. The molecule has 4 atom stereocenters. The molecule has 0 spiro atoms. The maximum atomic E-state index is 12.3. The molecular weight excluding hydrogens is 247 g/mol. The number of hydrogen-bond acceptors (Lipinski definition) is 0. The third kappa shape index (κ3) is 6.59. The van der Waals surface area contributed by atoms with Gasteiger partial charge in [-0.05, 0) is 48.3 Å². The van der Waals surface area contributed by atoms with E-state index in [-0.39, 0.29) is 6.67 Å². The lowest BCUT2D eigenvalue weighted by atomic mass is 9.67. The van der Waals surface area contributed by atoms with Gasteiger partial charge in [0.2, 0.25) is 0 Å². The Morgan fingerprint density at radius 3 is 2.00 bits per heavy atom. The van der Waals surface area contributed by atoms with Crippen molar-refractivity contribution in [1.29, 1.82) is 0 Å². The first-order chi connectivity index (χ1) is 9.30. The highest BCUT2D eigenvalue weighted by Crippen LogP contribution is 2.41. The summed E-state index contributed by atoms with van der Waals surface area (Å²) in [7, 11) is 0. The van der Waals surface area contributed by atoms with Crippen LogP contribution in [-0.4, -0.2) is 6.67 Å². The lowest BCUT2D eigenvalue weighted by Crippen LogP contribution is -2.30. The van der Waals surface area contributed by atoms with Gasteiger partial charge in [-0.3, -0.25) is 4.39 Å². The number of hydrogen-bond donors (Lipinski definition) is 0. The molecule has 0 aliphatic rings. The Balaban J connectivity index is 4.60. The predicted molar refractivity (Wildman–Crippen MR) is 89.8 cm³/mol. The molecule has 0 aromatic carbocycles. The number of alkyl halides is 1. The van der Waals surface area contributed by atoms with Crippen LogP contribution in [0.15, 0.2) is 0 Å². The lowest BCUT2D eigenvalue weighted by molar-refractivity contribution is 0.114. The molecule has 0 N–H and O–H groups in total. The topological polar surface area (TPSA) is 0 Å². The molecule has 0 amide bonds. The normalized spacial score (nSPS) is 18.6. The van der Waals surface area contributed by atoms with Crippen molar-refractivity contribution in [2.45, 2.75) is 87.0 Å². The fraction of sp³-hybridized carbons (Fsp3) is 1.00. The van der Waals surface area contributed by atoms with Crippen LogP contribution < -0.4 is 0 Å². The Kier molecular flexibility index (Phi) is 9.76. The fourth-order valence-electron chi connectivity index (χ4n) is 3.30. The second kappa shape index (κ2) is 9.79. The average molecular weight is 287 g/mol. The van der Waals surface area contributed by atoms with Crippen LogP contribution in [0.25, 0.3) is 0 Å². The molecule has 0 aliphatic carbocycles. The van der Waals surface area contributed by atoms with E-state index in [1.165, 1.54) is 25.7 Å². The summed E-state index contributed by atoms with van der Waals surface area (Å²) < 4.78 is 12.3. The van der Waals surface area contributed by atoms with Gasteiger partial charge in [-0.25, -0.2) is 0 Å². The molecular formula is C19H39F. The van der Waals surface area contributed by atoms with E-state index in [4.69, 9.17) is 0 Å². The molecule has 122 valence electrons. The standard InChI is InChI=1S/C19H39F/c1-8-11-18(17(5)19(6,7)9-2)14-16(4)15(3)12-10-13-20/h15-18H,8-14H2,1-7H3. The molecule has 4 unspecified atom stereocenters. The third-order valence-electron chi connectivity index (χ3n) is 5.95. The monoisotopic (exact) mass is 286 g/mol. The Bertz CT molecular complexity index is 234. The predicted octanol–water partition coefficient (Wildman–Crippen LogP) is 6.89. The second-order valence-electron chi connectivity index (χ2n) is 7.70. The molecule has 0 bridgehead atoms. The molecule has 0 radical (unpaired) electrons. The van der Waals surface area contributed by atoms with E-state index in [1.807, 2.05) is 0 Å². The summed E-state index contributed by atoms with van der Waals surface area (Å²) in [5.41, 5.74) is 0.432. The molecule has 0 aromatic rings. The largest absolute Gasteiger partial charge is 0.251 e. The van der Waals surface area contributed by atoms with E-state index < -0.39 is 0 Å². The summed E-state index contributed by atoms with van der Waals surface area (Å²) in [4.78, 5) is 0. The maximum absolute atomic E-state index is 12.3. The zero-order valence-corrected chi connectivity index (χ0v) is 15.1. The van der Waals surface area contributed by atoms with Crippen LogP contribution in [0.3, 0.4) is 0 Å². The van der Waals surface area contributed by atoms with Crippen molar-refractivity contribution < 1.29 is 4.39 Å². The van der Waals surface area contributed by atoms with Crippen molar-refractivity contribution in [2.24, 2.45) is 29.1 Å². The van der Waals surface area contributed by atoms with Gasteiger partial charge in [-0.2, -0.15) is 0 Å². The van der Waals surface area contributed by atoms with Crippen molar-refractivity contribution >= 4 is 0 Å². The molecule has 0 nitrogen and oxygen atoms in total. The SMILES string of the molecule is CCCC(CC(C)C(C)CCCF)C(C)C(C)(C)CC. The van der Waals surface area contributed by atoms with Crippen LogP contribution in [0.5, 0.6) is 0 Å². The minimum Gasteiger partial charge on any atom is -0.251 e. The lowest BCUT2D eigenvalue weighted by Gasteiger charge is -2.39. The number of halogens is 1. The molecule has 0 aromatic heterocycles. The third-order valence-corrected chi connectivity index (χ3v) is 5.95. The first kappa shape index (κ1) is 19.9. The Morgan fingerprint density at radius 1 is 0.950 bits per heavy atom. The van der Waals surface area contributed by atoms with E-state index in [1.54, 1.807) is 0 Å². The van der Waals surface area contributed by atoms with Crippen molar-refractivity contribution in [3.05, 3.63) is 0 Å². The van der Waals surface area contributed by atoms with Gasteiger partial charge in [0, 0.05) is 0 Å². The van der Waals surface area contributed by atoms with Gasteiger partial charge in [-0.15, -0.1) is 0 Å². The summed E-state index contributed by atoms with van der Waals surface area (Å²) in [6.45, 7) is 16.4. The molecule has 0 saturated heterocycles. The van der Waals surface area contributed by atoms with Gasteiger partial charge in [0.15, 0.2) is 0 Å². The van der Waals surface area contributed by atoms with Gasteiger partial charge in [-0.1, -0.05) is 67.7 Å². The summed E-state index contributed by atoms with van der Waals surface area (Å²) in [6, 6.07) is 0. The van der Waals surface area contributed by atoms with E-state index in [0.29, 0.717) is 17.3 Å². The highest BCUT2D eigenvalue weighted by atomic mass is 19.1. The van der Waals surface area contributed by atoms with Crippen molar-refractivity contribution in [3.63, 3.8) is 0 Å². The Morgan fingerprint density at radius 2 is 1.55 bits per heavy atom. The molecule has 1 heteroatoms. The van der Waals surface area contributed by atoms with Crippen molar-refractivity contribution in [1.82, 2.24) is 0 Å². The zero-order chi connectivity index (χ0) is 15.8. The maximum Gasteiger partial charge on any atom is 0.0894 e. The fourth-order valence-corrected chi connectivity index (χ4v) is 3.30. The van der Waals surface area contributed by atoms with E-state index in [2.05, 4.69) is 48.5 Å². The van der Waals surface area contributed by atoms with Crippen LogP contribution in [-0.2, 0) is 0 Å². The summed E-state index contributed by atoms with van der Waals surface area (Å²) >= 11 is 0. The van der Waals surface area contributed by atoms with Gasteiger partial charge in [0.25, 0.3) is 0 Å². The molecule has 0 rings (SSSR count). The first-order valence-electron chi connectivity index (χ1n) is 8.86.